The summed E-state index contributed by atoms with van der Waals surface area (Å²) >= 11 is 0. The van der Waals surface area contributed by atoms with Crippen molar-refractivity contribution < 1.29 is 4.74 Å². The van der Waals surface area contributed by atoms with Gasteiger partial charge in [0.1, 0.15) is 5.75 Å². The van der Waals surface area contributed by atoms with E-state index in [-0.39, 0.29) is 24.8 Å². The Morgan fingerprint density at radius 3 is 2.18 bits per heavy atom. The van der Waals surface area contributed by atoms with Gasteiger partial charge in [0.2, 0.25) is 0 Å². The lowest BCUT2D eigenvalue weighted by molar-refractivity contribution is 0.154. The molecule has 1 saturated heterocycles. The zero-order valence-corrected chi connectivity index (χ0v) is 15.5. The van der Waals surface area contributed by atoms with Crippen molar-refractivity contribution in [3.63, 3.8) is 0 Å². The molecule has 1 fully saturated rings. The number of halogens is 2. The second-order valence-corrected chi connectivity index (χ2v) is 5.93. The summed E-state index contributed by atoms with van der Waals surface area (Å²) in [6.07, 6.45) is 1.22. The second-order valence-electron chi connectivity index (χ2n) is 5.93. The van der Waals surface area contributed by atoms with Crippen LogP contribution in [0.4, 0.5) is 0 Å². The lowest BCUT2D eigenvalue weighted by Gasteiger charge is -2.36. The fourth-order valence-corrected chi connectivity index (χ4v) is 2.89. The number of nitrogens with zero attached hydrogens (tertiary/aromatic N) is 1. The van der Waals surface area contributed by atoms with Gasteiger partial charge in [-0.2, -0.15) is 0 Å². The van der Waals surface area contributed by atoms with Crippen LogP contribution >= 0.6 is 24.8 Å². The third-order valence-electron chi connectivity index (χ3n) is 3.86. The van der Waals surface area contributed by atoms with Crippen LogP contribution in [0.25, 0.3) is 0 Å². The van der Waals surface area contributed by atoms with Gasteiger partial charge in [0.25, 0.3) is 0 Å². The smallest absolute Gasteiger partial charge is 0.119 e. The lowest BCUT2D eigenvalue weighted by Crippen LogP contribution is -2.45. The average Bonchev–Trinajstić information content (AvgIpc) is 2.47. The van der Waals surface area contributed by atoms with E-state index in [1.807, 2.05) is 6.92 Å². The second kappa shape index (κ2) is 11.1. The Hall–Kier alpha value is -0.480. The Kier molecular flexibility index (Phi) is 10.9. The molecule has 0 aromatic heterocycles. The number of hydrogen-bond acceptors (Lipinski definition) is 3. The highest BCUT2D eigenvalue weighted by Gasteiger charge is 2.22. The molecular weight excluding hydrogens is 319 g/mol. The van der Waals surface area contributed by atoms with Gasteiger partial charge in [0, 0.05) is 32.2 Å². The van der Waals surface area contributed by atoms with E-state index in [4.69, 9.17) is 4.74 Å². The average molecular weight is 349 g/mol. The molecule has 0 radical (unpaired) electrons. The topological polar surface area (TPSA) is 24.5 Å². The fourth-order valence-electron chi connectivity index (χ4n) is 2.89. The molecule has 0 spiro atoms. The van der Waals surface area contributed by atoms with Gasteiger partial charge in [-0.3, -0.25) is 4.90 Å². The van der Waals surface area contributed by atoms with Gasteiger partial charge in [0.05, 0.1) is 6.61 Å². The highest BCUT2D eigenvalue weighted by atomic mass is 35.5. The number of ether oxygens (including phenoxy) is 1. The molecule has 1 aromatic rings. The van der Waals surface area contributed by atoms with E-state index in [0.29, 0.717) is 12.0 Å². The standard InChI is InChI=1S/C17H28N2O.2ClH/c1-4-20-16-7-5-15(6-8-16)17(13-14(2)3)19-11-9-18-10-12-19;;/h5-8,14,17-18H,4,9-13H2,1-3H3;2*1H/t17-;;/m0../s1. The number of piperazine rings is 1. The predicted molar refractivity (Wildman–Crippen MR) is 98.7 cm³/mol. The number of nitrogens with one attached hydrogen (secondary N) is 1. The molecule has 0 aliphatic carbocycles. The highest BCUT2D eigenvalue weighted by molar-refractivity contribution is 5.85. The van der Waals surface area contributed by atoms with E-state index < -0.39 is 0 Å². The zero-order chi connectivity index (χ0) is 14.4. The van der Waals surface area contributed by atoms with Crippen LogP contribution in [0.2, 0.25) is 0 Å². The Morgan fingerprint density at radius 1 is 1.09 bits per heavy atom. The summed E-state index contributed by atoms with van der Waals surface area (Å²) in [4.78, 5) is 2.62. The van der Waals surface area contributed by atoms with Crippen molar-refractivity contribution in [2.24, 2.45) is 5.92 Å². The molecule has 0 unspecified atom stereocenters. The van der Waals surface area contributed by atoms with Crippen molar-refractivity contribution in [1.29, 1.82) is 0 Å². The van der Waals surface area contributed by atoms with Gasteiger partial charge in [0.15, 0.2) is 0 Å². The molecule has 22 heavy (non-hydrogen) atoms. The third kappa shape index (κ3) is 6.33. The summed E-state index contributed by atoms with van der Waals surface area (Å²) in [5.41, 5.74) is 1.42. The first-order valence-electron chi connectivity index (χ1n) is 7.88. The maximum Gasteiger partial charge on any atom is 0.119 e. The summed E-state index contributed by atoms with van der Waals surface area (Å²) in [5.74, 6) is 1.68. The highest BCUT2D eigenvalue weighted by Crippen LogP contribution is 2.29. The van der Waals surface area contributed by atoms with E-state index in [1.54, 1.807) is 0 Å². The van der Waals surface area contributed by atoms with Crippen LogP contribution in [0.15, 0.2) is 24.3 Å². The summed E-state index contributed by atoms with van der Waals surface area (Å²) in [6, 6.07) is 9.22. The van der Waals surface area contributed by atoms with E-state index in [0.717, 1.165) is 38.5 Å². The molecule has 1 aliphatic heterocycles. The van der Waals surface area contributed by atoms with Crippen molar-refractivity contribution in [3.8, 4) is 5.75 Å². The Labute approximate surface area is 147 Å². The van der Waals surface area contributed by atoms with Crippen LogP contribution in [0, 0.1) is 5.92 Å². The van der Waals surface area contributed by atoms with Gasteiger partial charge in [-0.05, 0) is 37.0 Å². The van der Waals surface area contributed by atoms with E-state index >= 15 is 0 Å². The van der Waals surface area contributed by atoms with Crippen LogP contribution in [0.5, 0.6) is 5.75 Å². The Balaban J connectivity index is 0.00000220. The van der Waals surface area contributed by atoms with Crippen LogP contribution in [0.1, 0.15) is 38.8 Å². The third-order valence-corrected chi connectivity index (χ3v) is 3.86. The molecule has 3 nitrogen and oxygen atoms in total. The van der Waals surface area contributed by atoms with Gasteiger partial charge in [-0.25, -0.2) is 0 Å². The largest absolute Gasteiger partial charge is 0.494 e. The molecule has 5 heteroatoms. The van der Waals surface area contributed by atoms with E-state index in [1.165, 1.54) is 12.0 Å². The number of benzene rings is 1. The molecule has 1 atom stereocenters. The maximum atomic E-state index is 5.54. The molecule has 1 aliphatic rings. The summed E-state index contributed by atoms with van der Waals surface area (Å²) < 4.78 is 5.54. The molecule has 1 heterocycles. The van der Waals surface area contributed by atoms with Crippen molar-refractivity contribution >= 4 is 24.8 Å². The van der Waals surface area contributed by atoms with Crippen molar-refractivity contribution in [2.45, 2.75) is 33.2 Å². The molecule has 1 aromatic carbocycles. The summed E-state index contributed by atoms with van der Waals surface area (Å²) in [6.45, 7) is 11.9. The minimum absolute atomic E-state index is 0. The van der Waals surface area contributed by atoms with Gasteiger partial charge >= 0.3 is 0 Å². The van der Waals surface area contributed by atoms with Crippen molar-refractivity contribution in [2.75, 3.05) is 32.8 Å². The Morgan fingerprint density at radius 2 is 1.68 bits per heavy atom. The van der Waals surface area contributed by atoms with Crippen LogP contribution < -0.4 is 10.1 Å². The monoisotopic (exact) mass is 348 g/mol. The zero-order valence-electron chi connectivity index (χ0n) is 13.9. The van der Waals surface area contributed by atoms with Gasteiger partial charge in [-0.1, -0.05) is 26.0 Å². The van der Waals surface area contributed by atoms with Crippen LogP contribution in [0.3, 0.4) is 0 Å². The SMILES string of the molecule is CCOc1ccc([C@H](CC(C)C)N2CCNCC2)cc1.Cl.Cl. The summed E-state index contributed by atoms with van der Waals surface area (Å²) in [5, 5.41) is 3.44. The lowest BCUT2D eigenvalue weighted by atomic mass is 9.95. The van der Waals surface area contributed by atoms with Crippen LogP contribution in [-0.2, 0) is 0 Å². The first kappa shape index (κ1) is 21.5. The number of hydrogen-bond donors (Lipinski definition) is 1. The maximum absolute atomic E-state index is 5.54. The molecule has 0 bridgehead atoms. The minimum atomic E-state index is 0. The molecule has 2 rings (SSSR count). The Bertz CT molecular complexity index is 392. The normalized spacial score (nSPS) is 16.5. The van der Waals surface area contributed by atoms with Crippen LogP contribution in [-0.4, -0.2) is 37.7 Å². The molecule has 0 saturated carbocycles. The van der Waals surface area contributed by atoms with Crippen molar-refractivity contribution in [3.05, 3.63) is 29.8 Å². The minimum Gasteiger partial charge on any atom is -0.494 e. The predicted octanol–water partition coefficient (Wildman–Crippen LogP) is 3.92. The van der Waals surface area contributed by atoms with Crippen molar-refractivity contribution in [1.82, 2.24) is 10.2 Å². The molecule has 128 valence electrons. The first-order valence-corrected chi connectivity index (χ1v) is 7.88. The molecule has 0 amide bonds. The van der Waals surface area contributed by atoms with Gasteiger partial charge < -0.3 is 10.1 Å². The first-order chi connectivity index (χ1) is 9.70. The quantitative estimate of drug-likeness (QED) is 0.842. The molecular formula is C17H30Cl2N2O. The van der Waals surface area contributed by atoms with Gasteiger partial charge in [-0.15, -0.1) is 24.8 Å². The molecule has 1 N–H and O–H groups in total. The summed E-state index contributed by atoms with van der Waals surface area (Å²) in [7, 11) is 0. The number of rotatable bonds is 6. The van der Waals surface area contributed by atoms with E-state index in [9.17, 15) is 0 Å². The van der Waals surface area contributed by atoms with E-state index in [2.05, 4.69) is 48.3 Å². The fraction of sp³-hybridized carbons (Fsp3) is 0.647.